The Labute approximate surface area is 174 Å². The number of carbonyl (C=O) groups is 1. The zero-order chi connectivity index (χ0) is 20.1. The number of nitrogens with zero attached hydrogens (tertiary/aromatic N) is 1. The monoisotopic (exact) mass is 442 g/mol. The number of nitrogens with one attached hydrogen (secondary N) is 1. The van der Waals surface area contributed by atoms with Crippen molar-refractivity contribution in [2.45, 2.75) is 17.9 Å². The average Bonchev–Trinajstić information content (AvgIpc) is 2.69. The van der Waals surface area contributed by atoms with E-state index in [1.165, 1.54) is 4.31 Å². The molecule has 0 aliphatic carbocycles. The first-order chi connectivity index (χ1) is 13.4. The van der Waals surface area contributed by atoms with E-state index in [-0.39, 0.29) is 23.8 Å². The molecule has 1 heterocycles. The van der Waals surface area contributed by atoms with Gasteiger partial charge in [0.05, 0.1) is 24.5 Å². The highest BCUT2D eigenvalue weighted by Crippen LogP contribution is 2.23. The summed E-state index contributed by atoms with van der Waals surface area (Å²) in [6.07, 6.45) is 0.0778. The van der Waals surface area contributed by atoms with Gasteiger partial charge < -0.3 is 10.1 Å². The Balaban J connectivity index is 1.70. The van der Waals surface area contributed by atoms with Crippen LogP contribution in [0.25, 0.3) is 0 Å². The second-order valence-corrected chi connectivity index (χ2v) is 9.06. The van der Waals surface area contributed by atoms with Crippen LogP contribution < -0.4 is 5.32 Å². The number of amides is 1. The van der Waals surface area contributed by atoms with E-state index in [0.717, 1.165) is 0 Å². The number of rotatable bonds is 6. The molecule has 1 aliphatic heterocycles. The van der Waals surface area contributed by atoms with Gasteiger partial charge in [0.2, 0.25) is 15.9 Å². The largest absolute Gasteiger partial charge is 0.379 e. The predicted molar refractivity (Wildman–Crippen MR) is 108 cm³/mol. The van der Waals surface area contributed by atoms with Gasteiger partial charge >= 0.3 is 0 Å². The van der Waals surface area contributed by atoms with Crippen LogP contribution in [0, 0.1) is 0 Å². The molecule has 150 valence electrons. The third kappa shape index (κ3) is 5.04. The number of halogens is 2. The Hall–Kier alpha value is -1.64. The topological polar surface area (TPSA) is 75.7 Å². The van der Waals surface area contributed by atoms with Crippen molar-refractivity contribution >= 4 is 39.1 Å². The number of sulfonamides is 1. The van der Waals surface area contributed by atoms with E-state index in [9.17, 15) is 13.2 Å². The molecule has 28 heavy (non-hydrogen) atoms. The number of benzene rings is 2. The molecule has 0 spiro atoms. The van der Waals surface area contributed by atoms with Crippen LogP contribution in [0.15, 0.2) is 47.4 Å². The molecule has 2 aromatic rings. The molecular weight excluding hydrogens is 423 g/mol. The van der Waals surface area contributed by atoms with Crippen LogP contribution in [-0.2, 0) is 32.5 Å². The molecule has 0 unspecified atom stereocenters. The highest BCUT2D eigenvalue weighted by molar-refractivity contribution is 7.89. The molecule has 1 fully saturated rings. The number of hydrogen-bond acceptors (Lipinski definition) is 4. The van der Waals surface area contributed by atoms with Crippen LogP contribution >= 0.6 is 23.2 Å². The molecule has 1 N–H and O–H groups in total. The molecule has 0 radical (unpaired) electrons. The first-order valence-corrected chi connectivity index (χ1v) is 10.9. The van der Waals surface area contributed by atoms with Crippen molar-refractivity contribution in [1.29, 1.82) is 0 Å². The van der Waals surface area contributed by atoms with Crippen molar-refractivity contribution < 1.29 is 17.9 Å². The quantitative estimate of drug-likeness (QED) is 0.745. The molecule has 3 rings (SSSR count). The van der Waals surface area contributed by atoms with Gasteiger partial charge in [0, 0.05) is 29.7 Å². The normalized spacial score (nSPS) is 15.4. The average molecular weight is 443 g/mol. The molecule has 0 saturated carbocycles. The van der Waals surface area contributed by atoms with Crippen molar-refractivity contribution in [3.8, 4) is 0 Å². The molecule has 1 saturated heterocycles. The molecule has 1 aliphatic rings. The minimum absolute atomic E-state index is 0.0778. The van der Waals surface area contributed by atoms with Gasteiger partial charge in [0.15, 0.2) is 0 Å². The van der Waals surface area contributed by atoms with Crippen LogP contribution in [0.4, 0.5) is 0 Å². The predicted octanol–water partition coefficient (Wildman–Crippen LogP) is 2.87. The summed E-state index contributed by atoms with van der Waals surface area (Å²) in [6.45, 7) is 1.49. The fraction of sp³-hybridized carbons (Fsp3) is 0.316. The van der Waals surface area contributed by atoms with E-state index in [1.54, 1.807) is 42.5 Å². The lowest BCUT2D eigenvalue weighted by Crippen LogP contribution is -2.41. The summed E-state index contributed by atoms with van der Waals surface area (Å²) in [4.78, 5) is 12.5. The number of hydrogen-bond donors (Lipinski definition) is 1. The van der Waals surface area contributed by atoms with Gasteiger partial charge in [-0.25, -0.2) is 8.42 Å². The second-order valence-electron chi connectivity index (χ2n) is 6.31. The maximum absolute atomic E-state index is 12.9. The van der Waals surface area contributed by atoms with Gasteiger partial charge in [0.25, 0.3) is 0 Å². The first kappa shape index (κ1) is 21.1. The van der Waals surface area contributed by atoms with Gasteiger partial charge in [-0.3, -0.25) is 4.79 Å². The molecule has 0 aromatic heterocycles. The standard InChI is InChI=1S/C19H20Cl2N2O4S/c20-16-6-5-14(17(21)12-16)11-19(24)22-13-15-3-1-2-4-18(15)28(25,26)23-7-9-27-10-8-23/h1-6,12H,7-11,13H2,(H,22,24). The molecule has 2 aromatic carbocycles. The van der Waals surface area contributed by atoms with Crippen molar-refractivity contribution in [2.24, 2.45) is 0 Å². The summed E-state index contributed by atoms with van der Waals surface area (Å²) in [6, 6.07) is 11.6. The summed E-state index contributed by atoms with van der Waals surface area (Å²) >= 11 is 12.0. The van der Waals surface area contributed by atoms with E-state index in [2.05, 4.69) is 5.32 Å². The van der Waals surface area contributed by atoms with Crippen LogP contribution in [0.1, 0.15) is 11.1 Å². The van der Waals surface area contributed by atoms with Crippen molar-refractivity contribution in [3.05, 3.63) is 63.6 Å². The molecule has 9 heteroatoms. The molecule has 0 atom stereocenters. The van der Waals surface area contributed by atoms with E-state index in [4.69, 9.17) is 27.9 Å². The van der Waals surface area contributed by atoms with Gasteiger partial charge in [-0.15, -0.1) is 0 Å². The third-order valence-electron chi connectivity index (χ3n) is 4.40. The number of ether oxygens (including phenoxy) is 1. The summed E-state index contributed by atoms with van der Waals surface area (Å²) < 4.78 is 32.5. The summed E-state index contributed by atoms with van der Waals surface area (Å²) in [5, 5.41) is 3.68. The highest BCUT2D eigenvalue weighted by Gasteiger charge is 2.28. The molecular formula is C19H20Cl2N2O4S. The fourth-order valence-corrected chi connectivity index (χ4v) is 5.03. The minimum atomic E-state index is -3.64. The third-order valence-corrected chi connectivity index (χ3v) is 6.99. The zero-order valence-corrected chi connectivity index (χ0v) is 17.4. The molecule has 0 bridgehead atoms. The van der Waals surface area contributed by atoms with Gasteiger partial charge in [-0.1, -0.05) is 47.5 Å². The van der Waals surface area contributed by atoms with Crippen molar-refractivity contribution in [2.75, 3.05) is 26.3 Å². The summed E-state index contributed by atoms with van der Waals surface area (Å²) in [7, 11) is -3.64. The SMILES string of the molecule is O=C(Cc1ccc(Cl)cc1Cl)NCc1ccccc1S(=O)(=O)N1CCOCC1. The van der Waals surface area contributed by atoms with Crippen molar-refractivity contribution in [1.82, 2.24) is 9.62 Å². The van der Waals surface area contributed by atoms with Crippen molar-refractivity contribution in [3.63, 3.8) is 0 Å². The van der Waals surface area contributed by atoms with E-state index in [0.29, 0.717) is 47.5 Å². The Morgan fingerprint density at radius 3 is 2.50 bits per heavy atom. The maximum atomic E-state index is 12.9. The Morgan fingerprint density at radius 1 is 1.07 bits per heavy atom. The van der Waals surface area contributed by atoms with Gasteiger partial charge in [-0.2, -0.15) is 4.31 Å². The van der Waals surface area contributed by atoms with Gasteiger partial charge in [-0.05, 0) is 29.3 Å². The molecule has 6 nitrogen and oxygen atoms in total. The van der Waals surface area contributed by atoms with Crippen LogP contribution in [0.5, 0.6) is 0 Å². The van der Waals surface area contributed by atoms with E-state index >= 15 is 0 Å². The lowest BCUT2D eigenvalue weighted by atomic mass is 10.1. The smallest absolute Gasteiger partial charge is 0.243 e. The fourth-order valence-electron chi connectivity index (χ4n) is 2.92. The van der Waals surface area contributed by atoms with Crippen LogP contribution in [0.2, 0.25) is 10.0 Å². The minimum Gasteiger partial charge on any atom is -0.379 e. The maximum Gasteiger partial charge on any atom is 0.243 e. The van der Waals surface area contributed by atoms with E-state index in [1.807, 2.05) is 0 Å². The first-order valence-electron chi connectivity index (χ1n) is 8.74. The zero-order valence-electron chi connectivity index (χ0n) is 15.0. The Kier molecular flexibility index (Phi) is 6.95. The lowest BCUT2D eigenvalue weighted by Gasteiger charge is -2.27. The lowest BCUT2D eigenvalue weighted by molar-refractivity contribution is -0.120. The number of carbonyl (C=O) groups excluding carboxylic acids is 1. The highest BCUT2D eigenvalue weighted by atomic mass is 35.5. The van der Waals surface area contributed by atoms with Crippen LogP contribution in [0.3, 0.4) is 0 Å². The Bertz CT molecular complexity index is 960. The number of morpholine rings is 1. The van der Waals surface area contributed by atoms with Crippen LogP contribution in [-0.4, -0.2) is 44.9 Å². The summed E-state index contributed by atoms with van der Waals surface area (Å²) in [5.74, 6) is -0.261. The van der Waals surface area contributed by atoms with Gasteiger partial charge in [0.1, 0.15) is 0 Å². The second kappa shape index (κ2) is 9.24. The summed E-state index contributed by atoms with van der Waals surface area (Å²) in [5.41, 5.74) is 1.18. The van der Waals surface area contributed by atoms with E-state index < -0.39 is 10.0 Å². The Morgan fingerprint density at radius 2 is 1.79 bits per heavy atom. The molecule has 1 amide bonds.